The lowest BCUT2D eigenvalue weighted by Gasteiger charge is -2.12. The first-order valence-electron chi connectivity index (χ1n) is 10.3. The van der Waals surface area contributed by atoms with E-state index in [1.165, 1.54) is 7.11 Å². The van der Waals surface area contributed by atoms with Crippen LogP contribution in [0.1, 0.15) is 41.5 Å². The Kier molecular flexibility index (Phi) is 5.93. The van der Waals surface area contributed by atoms with Crippen LogP contribution in [0.15, 0.2) is 54.9 Å². The lowest BCUT2D eigenvalue weighted by atomic mass is 9.98. The zero-order valence-corrected chi connectivity index (χ0v) is 17.7. The van der Waals surface area contributed by atoms with Gasteiger partial charge < -0.3 is 15.0 Å². The monoisotopic (exact) mass is 415 g/mol. The zero-order chi connectivity index (χ0) is 21.8. The van der Waals surface area contributed by atoms with Crippen LogP contribution in [0.4, 0.5) is 5.82 Å². The van der Waals surface area contributed by atoms with Crippen molar-refractivity contribution in [3.63, 3.8) is 0 Å². The molecule has 2 aromatic carbocycles. The van der Waals surface area contributed by atoms with Crippen molar-refractivity contribution < 1.29 is 9.53 Å². The van der Waals surface area contributed by atoms with Gasteiger partial charge in [-0.15, -0.1) is 0 Å². The number of aromatic nitrogens is 4. The molecule has 0 amide bonds. The summed E-state index contributed by atoms with van der Waals surface area (Å²) >= 11 is 0. The van der Waals surface area contributed by atoms with Crippen LogP contribution in [0.5, 0.6) is 0 Å². The number of unbranched alkanes of at least 4 members (excludes halogenated alkanes) is 1. The molecule has 0 atom stereocenters. The molecule has 31 heavy (non-hydrogen) atoms. The molecule has 2 N–H and O–H groups in total. The van der Waals surface area contributed by atoms with Crippen LogP contribution in [0, 0.1) is 0 Å². The van der Waals surface area contributed by atoms with Crippen molar-refractivity contribution in [3.8, 4) is 22.6 Å². The summed E-state index contributed by atoms with van der Waals surface area (Å²) in [7, 11) is 1.39. The summed E-state index contributed by atoms with van der Waals surface area (Å²) in [6.45, 7) is 2.74. The van der Waals surface area contributed by atoms with Crippen LogP contribution in [0.3, 0.4) is 0 Å². The second-order valence-corrected chi connectivity index (χ2v) is 7.41. The van der Waals surface area contributed by atoms with Crippen molar-refractivity contribution in [2.24, 2.45) is 0 Å². The zero-order valence-electron chi connectivity index (χ0n) is 17.7. The molecule has 0 fully saturated rings. The summed E-state index contributed by atoms with van der Waals surface area (Å²) in [6, 6.07) is 15.5. The highest BCUT2D eigenvalue weighted by molar-refractivity contribution is 5.97. The van der Waals surface area contributed by atoms with Gasteiger partial charge in [-0.3, -0.25) is 0 Å². The molecule has 7 heteroatoms. The maximum Gasteiger partial charge on any atom is 0.338 e. The second-order valence-electron chi connectivity index (χ2n) is 7.41. The van der Waals surface area contributed by atoms with E-state index in [0.717, 1.165) is 47.6 Å². The maximum absolute atomic E-state index is 12.1. The number of hydrogen-bond acceptors (Lipinski definition) is 6. The lowest BCUT2D eigenvalue weighted by molar-refractivity contribution is 0.0601. The molecule has 4 rings (SSSR count). The minimum atomic E-state index is -0.348. The molecule has 0 saturated carbocycles. The number of ether oxygens (including phenoxy) is 1. The number of methoxy groups -OCH3 is 1. The first-order chi connectivity index (χ1) is 15.1. The number of anilines is 1. The van der Waals surface area contributed by atoms with E-state index in [1.54, 1.807) is 12.4 Å². The average Bonchev–Trinajstić information content (AvgIpc) is 3.25. The van der Waals surface area contributed by atoms with E-state index in [-0.39, 0.29) is 5.97 Å². The Morgan fingerprint density at radius 1 is 1.10 bits per heavy atom. The van der Waals surface area contributed by atoms with Crippen molar-refractivity contribution in [3.05, 3.63) is 71.8 Å². The normalized spacial score (nSPS) is 11.0. The lowest BCUT2D eigenvalue weighted by Crippen LogP contribution is -2.09. The smallest absolute Gasteiger partial charge is 0.338 e. The Bertz CT molecular complexity index is 1170. The van der Waals surface area contributed by atoms with Crippen molar-refractivity contribution >= 4 is 11.8 Å². The summed E-state index contributed by atoms with van der Waals surface area (Å²) < 4.78 is 6.87. The minimum absolute atomic E-state index is 0.348. The van der Waals surface area contributed by atoms with Crippen molar-refractivity contribution in [2.75, 3.05) is 12.8 Å². The molecule has 0 spiro atoms. The first-order valence-corrected chi connectivity index (χ1v) is 10.3. The molecule has 2 heterocycles. The number of nitrogens with zero attached hydrogens (tertiary/aromatic N) is 4. The van der Waals surface area contributed by atoms with Crippen LogP contribution >= 0.6 is 0 Å². The Morgan fingerprint density at radius 2 is 1.87 bits per heavy atom. The van der Waals surface area contributed by atoms with E-state index in [0.29, 0.717) is 23.6 Å². The number of imidazole rings is 1. The van der Waals surface area contributed by atoms with E-state index in [1.807, 2.05) is 47.0 Å². The second kappa shape index (κ2) is 8.95. The predicted octanol–water partition coefficient (Wildman–Crippen LogP) is 4.20. The van der Waals surface area contributed by atoms with Crippen LogP contribution in [-0.4, -0.2) is 32.6 Å². The summed E-state index contributed by atoms with van der Waals surface area (Å²) in [4.78, 5) is 25.6. The fraction of sp³-hybridized carbons (Fsp3) is 0.250. The number of rotatable bonds is 7. The standard InChI is InChI=1S/C24H25N5O2/c1-3-4-9-20-27-21-22(25)26-15-29(23(21)28-20)14-16-10-12-17(13-11-16)18-7-5-6-8-19(18)24(30)31-2/h5-8,10-13,15H,3-4,9,14,25H2,1-2H3. The van der Waals surface area contributed by atoms with Crippen LogP contribution in [-0.2, 0) is 17.7 Å². The molecule has 0 unspecified atom stereocenters. The number of esters is 1. The fourth-order valence-electron chi connectivity index (χ4n) is 3.57. The van der Waals surface area contributed by atoms with Gasteiger partial charge in [-0.25, -0.2) is 19.7 Å². The third-order valence-corrected chi connectivity index (χ3v) is 5.24. The summed E-state index contributed by atoms with van der Waals surface area (Å²) in [6.07, 6.45) is 4.66. The van der Waals surface area contributed by atoms with Gasteiger partial charge >= 0.3 is 5.97 Å². The highest BCUT2D eigenvalue weighted by Gasteiger charge is 2.19. The molecule has 7 nitrogen and oxygen atoms in total. The van der Waals surface area contributed by atoms with Gasteiger partial charge in [-0.05, 0) is 29.2 Å². The van der Waals surface area contributed by atoms with E-state index >= 15 is 0 Å². The molecule has 2 aromatic rings. The third-order valence-electron chi connectivity index (χ3n) is 5.24. The Balaban J connectivity index is 1.61. The Morgan fingerprint density at radius 3 is 2.61 bits per heavy atom. The van der Waals surface area contributed by atoms with Gasteiger partial charge in [0.25, 0.3) is 0 Å². The molecule has 0 radical (unpaired) electrons. The molecule has 2 aliphatic rings. The number of hydrogen-bond donors (Lipinski definition) is 1. The number of carbonyl (C=O) groups excluding carboxylic acids is 1. The third kappa shape index (κ3) is 4.26. The Labute approximate surface area is 181 Å². The van der Waals surface area contributed by atoms with E-state index < -0.39 is 0 Å². The molecule has 0 aromatic heterocycles. The van der Waals surface area contributed by atoms with Gasteiger partial charge in [0.15, 0.2) is 17.3 Å². The SMILES string of the molecule is CCCCc1nc2c(N)ncn(Cc3ccc(-c4ccccc4C(=O)OC)cc3)c-2n1. The number of carbonyl (C=O) groups is 1. The minimum Gasteiger partial charge on any atom is -0.465 e. The van der Waals surface area contributed by atoms with Crippen LogP contribution < -0.4 is 5.73 Å². The molecule has 158 valence electrons. The van der Waals surface area contributed by atoms with Crippen LogP contribution in [0.25, 0.3) is 22.6 Å². The number of benzene rings is 2. The quantitative estimate of drug-likeness (QED) is 0.454. The average molecular weight is 415 g/mol. The summed E-state index contributed by atoms with van der Waals surface area (Å²) in [5.74, 6) is 1.61. The van der Waals surface area contributed by atoms with E-state index in [4.69, 9.17) is 15.5 Å². The van der Waals surface area contributed by atoms with E-state index in [2.05, 4.69) is 16.9 Å². The fourth-order valence-corrected chi connectivity index (χ4v) is 3.57. The largest absolute Gasteiger partial charge is 0.465 e. The van der Waals surface area contributed by atoms with Crippen molar-refractivity contribution in [1.29, 1.82) is 0 Å². The number of nitrogen functional groups attached to an aromatic ring is 1. The highest BCUT2D eigenvalue weighted by atomic mass is 16.5. The van der Waals surface area contributed by atoms with Crippen molar-refractivity contribution in [1.82, 2.24) is 19.5 Å². The summed E-state index contributed by atoms with van der Waals surface area (Å²) in [5.41, 5.74) is 10.1. The van der Waals surface area contributed by atoms with Gasteiger partial charge in [0.2, 0.25) is 0 Å². The molecule has 2 aliphatic heterocycles. The predicted molar refractivity (Wildman–Crippen MR) is 120 cm³/mol. The van der Waals surface area contributed by atoms with Gasteiger partial charge in [-0.2, -0.15) is 0 Å². The van der Waals surface area contributed by atoms with Gasteiger partial charge in [0.1, 0.15) is 5.82 Å². The summed E-state index contributed by atoms with van der Waals surface area (Å²) in [5, 5.41) is 0. The molecular formula is C24H25N5O2. The van der Waals surface area contributed by atoms with E-state index in [9.17, 15) is 4.79 Å². The Hall–Kier alpha value is -3.74. The topological polar surface area (TPSA) is 95.9 Å². The highest BCUT2D eigenvalue weighted by Crippen LogP contribution is 2.27. The number of nitrogens with two attached hydrogens (primary N) is 1. The molecular weight excluding hydrogens is 390 g/mol. The van der Waals surface area contributed by atoms with Gasteiger partial charge in [-0.1, -0.05) is 55.8 Å². The molecule has 0 aliphatic carbocycles. The van der Waals surface area contributed by atoms with Crippen molar-refractivity contribution in [2.45, 2.75) is 32.7 Å². The first kappa shape index (κ1) is 20.5. The molecule has 0 bridgehead atoms. The number of aryl methyl sites for hydroxylation is 1. The van der Waals surface area contributed by atoms with Crippen LogP contribution in [0.2, 0.25) is 0 Å². The molecule has 0 saturated heterocycles. The van der Waals surface area contributed by atoms with Gasteiger partial charge in [0, 0.05) is 6.42 Å². The maximum atomic E-state index is 12.1. The van der Waals surface area contributed by atoms with Gasteiger partial charge in [0.05, 0.1) is 25.5 Å². The number of fused-ring (bicyclic) bond motifs is 1.